The van der Waals surface area contributed by atoms with Gasteiger partial charge in [0, 0.05) is 9.50 Å². The number of hydrogen-bond donors (Lipinski definition) is 2. The van der Waals surface area contributed by atoms with Crippen molar-refractivity contribution in [3.05, 3.63) is 63.1 Å². The lowest BCUT2D eigenvalue weighted by molar-refractivity contribution is 0.339. The molecule has 1 atom stereocenters. The van der Waals surface area contributed by atoms with Crippen LogP contribution in [0.15, 0.2) is 46.9 Å². The van der Waals surface area contributed by atoms with Crippen LogP contribution in [-0.4, -0.2) is 6.61 Å². The molecular weight excluding hydrogens is 340 g/mol. The third-order valence-electron chi connectivity index (χ3n) is 2.94. The highest BCUT2D eigenvalue weighted by Gasteiger charge is 2.16. The van der Waals surface area contributed by atoms with Crippen molar-refractivity contribution < 1.29 is 4.74 Å². The summed E-state index contributed by atoms with van der Waals surface area (Å²) in [7, 11) is 0. The second-order valence-corrected chi connectivity index (χ2v) is 5.56. The summed E-state index contributed by atoms with van der Waals surface area (Å²) in [5.41, 5.74) is 4.88. The molecule has 0 saturated heterocycles. The molecule has 0 aliphatic rings. The van der Waals surface area contributed by atoms with Crippen LogP contribution in [0.4, 0.5) is 0 Å². The van der Waals surface area contributed by atoms with Crippen molar-refractivity contribution in [2.45, 2.75) is 13.0 Å². The number of halogens is 2. The lowest BCUT2D eigenvalue weighted by Gasteiger charge is -2.19. The number of nitrogens with two attached hydrogens (primary N) is 1. The number of ether oxygens (including phenoxy) is 1. The summed E-state index contributed by atoms with van der Waals surface area (Å²) in [5, 5.41) is 0.680. The molecule has 2 aromatic carbocycles. The summed E-state index contributed by atoms with van der Waals surface area (Å²) in [6, 6.07) is 13.4. The highest BCUT2D eigenvalue weighted by atomic mass is 79.9. The predicted molar refractivity (Wildman–Crippen MR) is 85.9 cm³/mol. The summed E-state index contributed by atoms with van der Waals surface area (Å²) in [4.78, 5) is 0. The van der Waals surface area contributed by atoms with Crippen LogP contribution in [-0.2, 0) is 0 Å². The van der Waals surface area contributed by atoms with Crippen LogP contribution in [0.25, 0.3) is 0 Å². The standard InChI is InChI=1S/C15H16BrClN2O/c1-2-20-12-5-3-4-10(8-12)15(19-18)13-7-6-11(17)9-14(13)16/h3-9,15,19H,2,18H2,1H3. The minimum Gasteiger partial charge on any atom is -0.494 e. The zero-order chi connectivity index (χ0) is 14.5. The van der Waals surface area contributed by atoms with Gasteiger partial charge in [0.25, 0.3) is 0 Å². The van der Waals surface area contributed by atoms with Gasteiger partial charge in [0.05, 0.1) is 12.6 Å². The van der Waals surface area contributed by atoms with Gasteiger partial charge >= 0.3 is 0 Å². The molecule has 0 spiro atoms. The Hall–Kier alpha value is -1.07. The van der Waals surface area contributed by atoms with Crippen LogP contribution in [0.2, 0.25) is 5.02 Å². The monoisotopic (exact) mass is 354 g/mol. The average molecular weight is 356 g/mol. The molecule has 0 aliphatic heterocycles. The maximum atomic E-state index is 5.98. The van der Waals surface area contributed by atoms with Gasteiger partial charge in [0.2, 0.25) is 0 Å². The van der Waals surface area contributed by atoms with Crippen molar-refractivity contribution in [3.63, 3.8) is 0 Å². The summed E-state index contributed by atoms with van der Waals surface area (Å²) in [6.07, 6.45) is 0. The number of nitrogens with one attached hydrogen (secondary N) is 1. The summed E-state index contributed by atoms with van der Waals surface area (Å²) in [5.74, 6) is 6.55. The molecule has 2 aromatic rings. The van der Waals surface area contributed by atoms with E-state index in [-0.39, 0.29) is 6.04 Å². The highest BCUT2D eigenvalue weighted by molar-refractivity contribution is 9.10. The van der Waals surface area contributed by atoms with Crippen LogP contribution in [0.3, 0.4) is 0 Å². The van der Waals surface area contributed by atoms with Crippen LogP contribution in [0, 0.1) is 0 Å². The molecule has 0 amide bonds. The van der Waals surface area contributed by atoms with Crippen molar-refractivity contribution in [1.82, 2.24) is 5.43 Å². The topological polar surface area (TPSA) is 47.3 Å². The van der Waals surface area contributed by atoms with E-state index in [1.54, 1.807) is 0 Å². The average Bonchev–Trinajstić information content (AvgIpc) is 2.43. The molecule has 0 bridgehead atoms. The first kappa shape index (κ1) is 15.3. The third-order valence-corrected chi connectivity index (χ3v) is 3.86. The number of hydrazine groups is 1. The lowest BCUT2D eigenvalue weighted by atomic mass is 9.99. The number of benzene rings is 2. The van der Waals surface area contributed by atoms with E-state index >= 15 is 0 Å². The Balaban J connectivity index is 2.38. The zero-order valence-electron chi connectivity index (χ0n) is 11.1. The predicted octanol–water partition coefficient (Wildman–Crippen LogP) is 4.05. The van der Waals surface area contributed by atoms with Gasteiger partial charge in [-0.25, -0.2) is 5.43 Å². The van der Waals surface area contributed by atoms with E-state index < -0.39 is 0 Å². The van der Waals surface area contributed by atoms with Gasteiger partial charge in [0.1, 0.15) is 5.75 Å². The molecule has 0 aromatic heterocycles. The Morgan fingerprint density at radius 3 is 2.75 bits per heavy atom. The Morgan fingerprint density at radius 2 is 2.10 bits per heavy atom. The molecule has 0 aliphatic carbocycles. The third kappa shape index (κ3) is 3.52. The van der Waals surface area contributed by atoms with E-state index in [9.17, 15) is 0 Å². The lowest BCUT2D eigenvalue weighted by Crippen LogP contribution is -2.29. The van der Waals surface area contributed by atoms with Gasteiger partial charge in [-0.1, -0.05) is 45.7 Å². The van der Waals surface area contributed by atoms with Crippen LogP contribution in [0.5, 0.6) is 5.75 Å². The molecule has 5 heteroatoms. The van der Waals surface area contributed by atoms with E-state index in [2.05, 4.69) is 21.4 Å². The normalized spacial score (nSPS) is 12.2. The van der Waals surface area contributed by atoms with Crippen molar-refractivity contribution in [3.8, 4) is 5.75 Å². The van der Waals surface area contributed by atoms with Crippen molar-refractivity contribution in [2.24, 2.45) is 5.84 Å². The summed E-state index contributed by atoms with van der Waals surface area (Å²) in [6.45, 7) is 2.59. The molecule has 0 saturated carbocycles. The minimum atomic E-state index is -0.137. The maximum absolute atomic E-state index is 5.98. The molecule has 20 heavy (non-hydrogen) atoms. The minimum absolute atomic E-state index is 0.137. The Kier molecular flexibility index (Phi) is 5.43. The largest absolute Gasteiger partial charge is 0.494 e. The molecule has 1 unspecified atom stereocenters. The second-order valence-electron chi connectivity index (χ2n) is 4.27. The molecule has 0 fully saturated rings. The Bertz CT molecular complexity index is 592. The van der Waals surface area contributed by atoms with Gasteiger partial charge in [-0.15, -0.1) is 0 Å². The summed E-state index contributed by atoms with van der Waals surface area (Å²) < 4.78 is 6.44. The molecule has 0 heterocycles. The first-order chi connectivity index (χ1) is 9.65. The number of hydrogen-bond acceptors (Lipinski definition) is 3. The van der Waals surface area contributed by atoms with Crippen molar-refractivity contribution in [2.75, 3.05) is 6.61 Å². The molecular formula is C15H16BrClN2O. The SMILES string of the molecule is CCOc1cccc(C(NN)c2ccc(Cl)cc2Br)c1. The number of rotatable bonds is 5. The van der Waals surface area contributed by atoms with Crippen LogP contribution >= 0.6 is 27.5 Å². The zero-order valence-corrected chi connectivity index (χ0v) is 13.4. The molecule has 3 nitrogen and oxygen atoms in total. The second kappa shape index (κ2) is 7.09. The van der Waals surface area contributed by atoms with Gasteiger partial charge in [-0.2, -0.15) is 0 Å². The van der Waals surface area contributed by atoms with E-state index in [0.29, 0.717) is 11.6 Å². The van der Waals surface area contributed by atoms with Crippen molar-refractivity contribution >= 4 is 27.5 Å². The smallest absolute Gasteiger partial charge is 0.119 e. The quantitative estimate of drug-likeness (QED) is 0.628. The summed E-state index contributed by atoms with van der Waals surface area (Å²) >= 11 is 9.50. The van der Waals surface area contributed by atoms with Gasteiger partial charge in [-0.3, -0.25) is 5.84 Å². The van der Waals surface area contributed by atoms with Crippen LogP contribution < -0.4 is 16.0 Å². The maximum Gasteiger partial charge on any atom is 0.119 e. The Labute approximate surface area is 132 Å². The fourth-order valence-electron chi connectivity index (χ4n) is 2.05. The molecule has 106 valence electrons. The highest BCUT2D eigenvalue weighted by Crippen LogP contribution is 2.31. The molecule has 0 radical (unpaired) electrons. The van der Waals surface area contributed by atoms with Gasteiger partial charge in [-0.05, 0) is 42.3 Å². The van der Waals surface area contributed by atoms with E-state index in [1.807, 2.05) is 49.4 Å². The van der Waals surface area contributed by atoms with E-state index in [1.165, 1.54) is 0 Å². The fraction of sp³-hybridized carbons (Fsp3) is 0.200. The Morgan fingerprint density at radius 1 is 1.30 bits per heavy atom. The van der Waals surface area contributed by atoms with Gasteiger partial charge < -0.3 is 4.74 Å². The van der Waals surface area contributed by atoms with E-state index in [4.69, 9.17) is 22.2 Å². The first-order valence-corrected chi connectivity index (χ1v) is 7.46. The molecule has 2 rings (SSSR count). The van der Waals surface area contributed by atoms with Crippen LogP contribution in [0.1, 0.15) is 24.1 Å². The molecule has 3 N–H and O–H groups in total. The van der Waals surface area contributed by atoms with E-state index in [0.717, 1.165) is 21.3 Å². The van der Waals surface area contributed by atoms with Gasteiger partial charge in [0.15, 0.2) is 0 Å². The fourth-order valence-corrected chi connectivity index (χ4v) is 2.96. The first-order valence-electron chi connectivity index (χ1n) is 6.29. The van der Waals surface area contributed by atoms with Crippen molar-refractivity contribution in [1.29, 1.82) is 0 Å².